The van der Waals surface area contributed by atoms with E-state index in [2.05, 4.69) is 4.74 Å². The third-order valence-electron chi connectivity index (χ3n) is 2.11. The van der Waals surface area contributed by atoms with Crippen molar-refractivity contribution in [3.05, 3.63) is 35.9 Å². The van der Waals surface area contributed by atoms with Gasteiger partial charge in [-0.3, -0.25) is 4.79 Å². The predicted octanol–water partition coefficient (Wildman–Crippen LogP) is 3.49. The number of benzene rings is 1. The summed E-state index contributed by atoms with van der Waals surface area (Å²) in [5, 5.41) is 0. The van der Waals surface area contributed by atoms with E-state index in [1.54, 1.807) is 6.07 Å². The second kappa shape index (κ2) is 5.21. The number of hydrogen-bond donors (Lipinski definition) is 0. The van der Waals surface area contributed by atoms with Gasteiger partial charge in [-0.05, 0) is 0 Å². The molecule has 0 aromatic heterocycles. The Morgan fingerprint density at radius 2 is 1.71 bits per heavy atom. The largest absolute Gasteiger partial charge is 0.448 e. The number of rotatable bonds is 3. The highest BCUT2D eigenvalue weighted by atomic mass is 19.4. The first-order chi connectivity index (χ1) is 7.82. The van der Waals surface area contributed by atoms with Crippen molar-refractivity contribution in [2.75, 3.05) is 0 Å². The van der Waals surface area contributed by atoms with Crippen LogP contribution in [-0.2, 0) is 9.53 Å². The van der Waals surface area contributed by atoms with Crippen molar-refractivity contribution in [3.8, 4) is 0 Å². The fraction of sp³-hybridized carbons (Fsp3) is 0.417. The number of esters is 1. The van der Waals surface area contributed by atoms with Gasteiger partial charge in [0.25, 0.3) is 0 Å². The molecule has 1 unspecified atom stereocenters. The standard InChI is InChI=1S/C12H13F3O2/c1-8(2)11(16)17-10(12(13,14)15)9-6-4-3-5-7-9/h3-8,10H,1-2H3. The quantitative estimate of drug-likeness (QED) is 0.763. The van der Waals surface area contributed by atoms with Crippen LogP contribution in [0.15, 0.2) is 30.3 Å². The zero-order valence-corrected chi connectivity index (χ0v) is 9.49. The highest BCUT2D eigenvalue weighted by Crippen LogP contribution is 2.36. The van der Waals surface area contributed by atoms with Crippen molar-refractivity contribution < 1.29 is 22.7 Å². The Bertz CT molecular complexity index is 371. The lowest BCUT2D eigenvalue weighted by molar-refractivity contribution is -0.225. The van der Waals surface area contributed by atoms with Crippen LogP contribution >= 0.6 is 0 Å². The summed E-state index contributed by atoms with van der Waals surface area (Å²) in [6, 6.07) is 7.10. The van der Waals surface area contributed by atoms with Crippen LogP contribution in [-0.4, -0.2) is 12.1 Å². The minimum atomic E-state index is -4.61. The van der Waals surface area contributed by atoms with Crippen molar-refractivity contribution >= 4 is 5.97 Å². The highest BCUT2D eigenvalue weighted by molar-refractivity contribution is 5.71. The molecule has 0 aliphatic carbocycles. The fourth-order valence-electron chi connectivity index (χ4n) is 1.20. The van der Waals surface area contributed by atoms with Gasteiger partial charge in [-0.1, -0.05) is 44.2 Å². The summed E-state index contributed by atoms with van der Waals surface area (Å²) < 4.78 is 42.8. The van der Waals surface area contributed by atoms with Crippen molar-refractivity contribution in [1.29, 1.82) is 0 Å². The van der Waals surface area contributed by atoms with Crippen LogP contribution in [0.2, 0.25) is 0 Å². The van der Waals surface area contributed by atoms with Crippen LogP contribution in [0.5, 0.6) is 0 Å². The molecular formula is C12H13F3O2. The Labute approximate surface area is 97.4 Å². The number of ether oxygens (including phenoxy) is 1. The minimum Gasteiger partial charge on any atom is -0.448 e. The zero-order chi connectivity index (χ0) is 13.1. The van der Waals surface area contributed by atoms with Crippen LogP contribution in [0.1, 0.15) is 25.5 Å². The Kier molecular flexibility index (Phi) is 4.15. The first-order valence-electron chi connectivity index (χ1n) is 5.14. The van der Waals surface area contributed by atoms with Crippen LogP contribution in [0.3, 0.4) is 0 Å². The molecule has 5 heteroatoms. The number of alkyl halides is 3. The molecule has 2 nitrogen and oxygen atoms in total. The molecule has 0 amide bonds. The molecule has 1 rings (SSSR count). The summed E-state index contributed by atoms with van der Waals surface area (Å²) in [7, 11) is 0. The van der Waals surface area contributed by atoms with Gasteiger partial charge in [0.2, 0.25) is 6.10 Å². The first-order valence-corrected chi connectivity index (χ1v) is 5.14. The minimum absolute atomic E-state index is 0.0750. The molecule has 0 saturated heterocycles. The Balaban J connectivity index is 2.95. The number of halogens is 3. The number of carbonyl (C=O) groups excluding carboxylic acids is 1. The average Bonchev–Trinajstić information content (AvgIpc) is 2.25. The number of hydrogen-bond acceptors (Lipinski definition) is 2. The molecule has 0 aliphatic rings. The molecule has 0 radical (unpaired) electrons. The second-order valence-electron chi connectivity index (χ2n) is 3.92. The predicted molar refractivity (Wildman–Crippen MR) is 56.2 cm³/mol. The summed E-state index contributed by atoms with van der Waals surface area (Å²) >= 11 is 0. The Hall–Kier alpha value is -1.52. The maximum absolute atomic E-state index is 12.8. The van der Waals surface area contributed by atoms with Gasteiger partial charge in [0.1, 0.15) is 0 Å². The van der Waals surface area contributed by atoms with Gasteiger partial charge in [0, 0.05) is 5.56 Å². The van der Waals surface area contributed by atoms with Gasteiger partial charge in [-0.2, -0.15) is 13.2 Å². The van der Waals surface area contributed by atoms with Crippen LogP contribution < -0.4 is 0 Å². The van der Waals surface area contributed by atoms with E-state index >= 15 is 0 Å². The Morgan fingerprint density at radius 1 is 1.18 bits per heavy atom. The molecule has 0 saturated carbocycles. The van der Waals surface area contributed by atoms with Crippen molar-refractivity contribution in [2.24, 2.45) is 5.92 Å². The van der Waals surface area contributed by atoms with E-state index in [4.69, 9.17) is 0 Å². The van der Waals surface area contributed by atoms with Crippen LogP contribution in [0.25, 0.3) is 0 Å². The molecule has 1 aromatic rings. The molecule has 0 heterocycles. The maximum atomic E-state index is 12.8. The molecule has 0 spiro atoms. The van der Waals surface area contributed by atoms with E-state index in [1.165, 1.54) is 38.1 Å². The number of carbonyl (C=O) groups is 1. The first kappa shape index (κ1) is 13.5. The summed E-state index contributed by atoms with van der Waals surface area (Å²) in [6.45, 7) is 2.97. The third kappa shape index (κ3) is 3.76. The van der Waals surface area contributed by atoms with Crippen molar-refractivity contribution in [3.63, 3.8) is 0 Å². The van der Waals surface area contributed by atoms with E-state index in [1.807, 2.05) is 0 Å². The Morgan fingerprint density at radius 3 is 2.12 bits per heavy atom. The molecular weight excluding hydrogens is 233 g/mol. The summed E-state index contributed by atoms with van der Waals surface area (Å²) in [6.07, 6.45) is -6.80. The molecule has 1 aromatic carbocycles. The fourth-order valence-corrected chi connectivity index (χ4v) is 1.20. The van der Waals surface area contributed by atoms with Gasteiger partial charge in [-0.25, -0.2) is 0 Å². The molecule has 94 valence electrons. The van der Waals surface area contributed by atoms with Crippen molar-refractivity contribution in [1.82, 2.24) is 0 Å². The van der Waals surface area contributed by atoms with Gasteiger partial charge in [0.05, 0.1) is 5.92 Å². The SMILES string of the molecule is CC(C)C(=O)OC(c1ccccc1)C(F)(F)F. The summed E-state index contributed by atoms with van der Waals surface area (Å²) in [5.74, 6) is -1.46. The summed E-state index contributed by atoms with van der Waals surface area (Å²) in [4.78, 5) is 11.3. The zero-order valence-electron chi connectivity index (χ0n) is 9.49. The monoisotopic (exact) mass is 246 g/mol. The molecule has 17 heavy (non-hydrogen) atoms. The molecule has 0 aliphatic heterocycles. The van der Waals surface area contributed by atoms with Gasteiger partial charge in [-0.15, -0.1) is 0 Å². The molecule has 0 fully saturated rings. The van der Waals surface area contributed by atoms with E-state index in [9.17, 15) is 18.0 Å². The van der Waals surface area contributed by atoms with Gasteiger partial charge in [0.15, 0.2) is 0 Å². The lowest BCUT2D eigenvalue weighted by Gasteiger charge is -2.21. The van der Waals surface area contributed by atoms with E-state index in [0.717, 1.165) is 0 Å². The van der Waals surface area contributed by atoms with E-state index in [-0.39, 0.29) is 5.56 Å². The molecule has 0 N–H and O–H groups in total. The normalized spacial score (nSPS) is 13.5. The summed E-state index contributed by atoms with van der Waals surface area (Å²) in [5.41, 5.74) is -0.0750. The lowest BCUT2D eigenvalue weighted by atomic mass is 10.1. The van der Waals surface area contributed by atoms with E-state index in [0.29, 0.717) is 0 Å². The van der Waals surface area contributed by atoms with Crippen molar-refractivity contribution in [2.45, 2.75) is 26.1 Å². The third-order valence-corrected chi connectivity index (χ3v) is 2.11. The smallest absolute Gasteiger partial charge is 0.429 e. The molecule has 1 atom stereocenters. The maximum Gasteiger partial charge on any atom is 0.429 e. The lowest BCUT2D eigenvalue weighted by Crippen LogP contribution is -2.27. The topological polar surface area (TPSA) is 26.3 Å². The average molecular weight is 246 g/mol. The van der Waals surface area contributed by atoms with Gasteiger partial charge >= 0.3 is 12.1 Å². The highest BCUT2D eigenvalue weighted by Gasteiger charge is 2.44. The second-order valence-corrected chi connectivity index (χ2v) is 3.92. The van der Waals surface area contributed by atoms with E-state index < -0.39 is 24.2 Å². The van der Waals surface area contributed by atoms with Gasteiger partial charge < -0.3 is 4.74 Å². The van der Waals surface area contributed by atoms with Crippen LogP contribution in [0.4, 0.5) is 13.2 Å². The van der Waals surface area contributed by atoms with Crippen LogP contribution in [0, 0.1) is 5.92 Å². The molecule has 0 bridgehead atoms.